The lowest BCUT2D eigenvalue weighted by Gasteiger charge is -2.34. The van der Waals surface area contributed by atoms with E-state index >= 15 is 0 Å². The van der Waals surface area contributed by atoms with Gasteiger partial charge in [-0.15, -0.1) is 0 Å². The summed E-state index contributed by atoms with van der Waals surface area (Å²) in [6.07, 6.45) is -0.655. The van der Waals surface area contributed by atoms with E-state index in [-0.39, 0.29) is 0 Å². The molecule has 1 amide bonds. The first-order chi connectivity index (χ1) is 9.08. The fraction of sp³-hybridized carbons (Fsp3) is 0.462. The van der Waals surface area contributed by atoms with E-state index in [2.05, 4.69) is 15.9 Å². The minimum atomic E-state index is -0.655. The Morgan fingerprint density at radius 1 is 1.63 bits per heavy atom. The molecule has 2 atom stereocenters. The first-order valence-electron chi connectivity index (χ1n) is 6.12. The predicted molar refractivity (Wildman–Crippen MR) is 74.5 cm³/mol. The molecule has 0 spiro atoms. The highest BCUT2D eigenvalue weighted by Crippen LogP contribution is 2.20. The van der Waals surface area contributed by atoms with E-state index in [9.17, 15) is 9.90 Å². The van der Waals surface area contributed by atoms with E-state index in [0.717, 1.165) is 10.0 Å². The Morgan fingerprint density at radius 3 is 3.11 bits per heavy atom. The molecule has 0 radical (unpaired) electrons. The predicted octanol–water partition coefficient (Wildman–Crippen LogP) is 0.669. The highest BCUT2D eigenvalue weighted by Gasteiger charge is 2.29. The van der Waals surface area contributed by atoms with Gasteiger partial charge in [0.1, 0.15) is 6.04 Å². The molecular weight excluding hydrogens is 312 g/mol. The number of benzene rings is 1. The molecule has 19 heavy (non-hydrogen) atoms. The Bertz CT molecular complexity index is 455. The third-order valence-electron chi connectivity index (χ3n) is 3.21. The first kappa shape index (κ1) is 14.5. The SMILES string of the molecule is NC(=O)C1COCCN1CC(O)c1cccc(Br)c1. The molecule has 1 aromatic rings. The maximum absolute atomic E-state index is 11.3. The van der Waals surface area contributed by atoms with Gasteiger partial charge in [0.05, 0.1) is 19.3 Å². The lowest BCUT2D eigenvalue weighted by Crippen LogP contribution is -2.53. The molecular formula is C13H17BrN2O3. The first-order valence-corrected chi connectivity index (χ1v) is 6.92. The van der Waals surface area contributed by atoms with Gasteiger partial charge in [0.25, 0.3) is 0 Å². The molecule has 1 aliphatic rings. The molecule has 2 unspecified atom stereocenters. The summed E-state index contributed by atoms with van der Waals surface area (Å²) in [6.45, 7) is 1.81. The molecule has 5 nitrogen and oxygen atoms in total. The quantitative estimate of drug-likeness (QED) is 0.851. The number of amides is 1. The average molecular weight is 329 g/mol. The summed E-state index contributed by atoms with van der Waals surface area (Å²) in [4.78, 5) is 13.2. The average Bonchev–Trinajstić information content (AvgIpc) is 2.39. The second-order valence-electron chi connectivity index (χ2n) is 4.56. The van der Waals surface area contributed by atoms with Crippen molar-refractivity contribution >= 4 is 21.8 Å². The number of hydrogen-bond acceptors (Lipinski definition) is 4. The number of primary amides is 1. The van der Waals surface area contributed by atoms with Crippen molar-refractivity contribution in [1.29, 1.82) is 0 Å². The van der Waals surface area contributed by atoms with Crippen molar-refractivity contribution < 1.29 is 14.6 Å². The summed E-state index contributed by atoms with van der Waals surface area (Å²) in [5.74, 6) is -0.416. The number of nitrogens with two attached hydrogens (primary N) is 1. The molecule has 0 aliphatic carbocycles. The van der Waals surface area contributed by atoms with Crippen LogP contribution in [-0.4, -0.2) is 48.3 Å². The number of aliphatic hydroxyl groups excluding tert-OH is 1. The number of nitrogens with zero attached hydrogens (tertiary/aromatic N) is 1. The van der Waals surface area contributed by atoms with E-state index in [1.165, 1.54) is 0 Å². The van der Waals surface area contributed by atoms with Crippen molar-refractivity contribution in [3.63, 3.8) is 0 Å². The summed E-state index contributed by atoms with van der Waals surface area (Å²) < 4.78 is 6.16. The van der Waals surface area contributed by atoms with Crippen LogP contribution < -0.4 is 5.73 Å². The van der Waals surface area contributed by atoms with Crippen LogP contribution in [0, 0.1) is 0 Å². The number of halogens is 1. The summed E-state index contributed by atoms with van der Waals surface area (Å²) >= 11 is 3.37. The molecule has 0 bridgehead atoms. The third-order valence-corrected chi connectivity index (χ3v) is 3.70. The maximum atomic E-state index is 11.3. The number of morpholine rings is 1. The summed E-state index contributed by atoms with van der Waals surface area (Å²) in [7, 11) is 0. The third kappa shape index (κ3) is 3.76. The zero-order valence-electron chi connectivity index (χ0n) is 10.5. The highest BCUT2D eigenvalue weighted by atomic mass is 79.9. The Labute approximate surface area is 120 Å². The van der Waals surface area contributed by atoms with Gasteiger partial charge in [-0.25, -0.2) is 0 Å². The van der Waals surface area contributed by atoms with Gasteiger partial charge in [0.15, 0.2) is 0 Å². The maximum Gasteiger partial charge on any atom is 0.237 e. The smallest absolute Gasteiger partial charge is 0.237 e. The van der Waals surface area contributed by atoms with Crippen LogP contribution >= 0.6 is 15.9 Å². The normalized spacial score (nSPS) is 22.1. The summed E-state index contributed by atoms with van der Waals surface area (Å²) in [6, 6.07) is 7.03. The molecule has 1 heterocycles. The van der Waals surface area contributed by atoms with Gasteiger partial charge in [-0.3, -0.25) is 9.69 Å². The number of carbonyl (C=O) groups is 1. The van der Waals surface area contributed by atoms with Crippen LogP contribution in [0.4, 0.5) is 0 Å². The van der Waals surface area contributed by atoms with Crippen molar-refractivity contribution in [3.8, 4) is 0 Å². The number of ether oxygens (including phenoxy) is 1. The van der Waals surface area contributed by atoms with Crippen LogP contribution in [-0.2, 0) is 9.53 Å². The molecule has 104 valence electrons. The van der Waals surface area contributed by atoms with Crippen LogP contribution in [0.2, 0.25) is 0 Å². The van der Waals surface area contributed by atoms with E-state index < -0.39 is 18.1 Å². The van der Waals surface area contributed by atoms with Gasteiger partial charge in [0, 0.05) is 17.6 Å². The Balaban J connectivity index is 2.04. The molecule has 0 saturated carbocycles. The van der Waals surface area contributed by atoms with Crippen LogP contribution in [0.1, 0.15) is 11.7 Å². The lowest BCUT2D eigenvalue weighted by atomic mass is 10.1. The lowest BCUT2D eigenvalue weighted by molar-refractivity contribution is -0.130. The van der Waals surface area contributed by atoms with Gasteiger partial charge in [-0.2, -0.15) is 0 Å². The van der Waals surface area contributed by atoms with Gasteiger partial charge in [-0.1, -0.05) is 28.1 Å². The Morgan fingerprint density at radius 2 is 2.42 bits per heavy atom. The van der Waals surface area contributed by atoms with Crippen LogP contribution in [0.5, 0.6) is 0 Å². The minimum absolute atomic E-state index is 0.292. The summed E-state index contributed by atoms with van der Waals surface area (Å²) in [5.41, 5.74) is 6.16. The van der Waals surface area contributed by atoms with Gasteiger partial charge < -0.3 is 15.6 Å². The molecule has 1 aromatic carbocycles. The molecule has 3 N–H and O–H groups in total. The zero-order valence-corrected chi connectivity index (χ0v) is 12.0. The summed E-state index contributed by atoms with van der Waals surface area (Å²) in [5, 5.41) is 10.2. The highest BCUT2D eigenvalue weighted by molar-refractivity contribution is 9.10. The number of aliphatic hydroxyl groups is 1. The second-order valence-corrected chi connectivity index (χ2v) is 5.47. The topological polar surface area (TPSA) is 75.8 Å². The molecule has 1 saturated heterocycles. The molecule has 0 aromatic heterocycles. The molecule has 6 heteroatoms. The van der Waals surface area contributed by atoms with Crippen LogP contribution in [0.3, 0.4) is 0 Å². The fourth-order valence-electron chi connectivity index (χ4n) is 2.16. The Kier molecular flexibility index (Phi) is 4.93. The van der Waals surface area contributed by atoms with E-state index in [4.69, 9.17) is 10.5 Å². The minimum Gasteiger partial charge on any atom is -0.387 e. The number of carbonyl (C=O) groups excluding carboxylic acids is 1. The largest absolute Gasteiger partial charge is 0.387 e. The fourth-order valence-corrected chi connectivity index (χ4v) is 2.58. The molecule has 1 fully saturated rings. The van der Waals surface area contributed by atoms with Crippen molar-refractivity contribution in [2.24, 2.45) is 5.73 Å². The zero-order chi connectivity index (χ0) is 13.8. The van der Waals surface area contributed by atoms with Crippen molar-refractivity contribution in [3.05, 3.63) is 34.3 Å². The second kappa shape index (κ2) is 6.47. The number of hydrogen-bond donors (Lipinski definition) is 2. The van der Waals surface area contributed by atoms with Gasteiger partial charge in [0.2, 0.25) is 5.91 Å². The number of rotatable bonds is 4. The van der Waals surface area contributed by atoms with Crippen molar-refractivity contribution in [1.82, 2.24) is 4.90 Å². The van der Waals surface area contributed by atoms with Crippen molar-refractivity contribution in [2.75, 3.05) is 26.3 Å². The van der Waals surface area contributed by atoms with Crippen LogP contribution in [0.15, 0.2) is 28.7 Å². The number of β-amino-alcohol motifs (C(OH)–C–C–N with tert-alkyl or cyclic N) is 1. The van der Waals surface area contributed by atoms with Gasteiger partial charge in [-0.05, 0) is 17.7 Å². The molecule has 1 aliphatic heterocycles. The monoisotopic (exact) mass is 328 g/mol. The van der Waals surface area contributed by atoms with Crippen molar-refractivity contribution in [2.45, 2.75) is 12.1 Å². The van der Waals surface area contributed by atoms with E-state index in [1.807, 2.05) is 29.2 Å². The standard InChI is InChI=1S/C13H17BrN2O3/c14-10-3-1-2-9(6-10)12(17)7-16-4-5-19-8-11(16)13(15)18/h1-3,6,11-12,17H,4-5,7-8H2,(H2,15,18). The van der Waals surface area contributed by atoms with E-state index in [0.29, 0.717) is 26.3 Å². The van der Waals surface area contributed by atoms with Crippen LogP contribution in [0.25, 0.3) is 0 Å². The van der Waals surface area contributed by atoms with E-state index in [1.54, 1.807) is 0 Å². The Hall–Kier alpha value is -0.950. The molecule has 2 rings (SSSR count). The van der Waals surface area contributed by atoms with Gasteiger partial charge >= 0.3 is 0 Å².